The minimum atomic E-state index is -0.593. The molecule has 0 spiro atoms. The Morgan fingerprint density at radius 3 is 2.38 bits per heavy atom. The molecule has 47 heavy (non-hydrogen) atoms. The number of non-ortho nitro benzene ring substituents is 1. The lowest BCUT2D eigenvalue weighted by atomic mass is 10.1. The van der Waals surface area contributed by atoms with Crippen LogP contribution in [0.5, 0.6) is 5.75 Å². The van der Waals surface area contributed by atoms with Gasteiger partial charge in [0, 0.05) is 39.2 Å². The summed E-state index contributed by atoms with van der Waals surface area (Å²) in [5, 5.41) is 21.6. The van der Waals surface area contributed by atoms with Crippen molar-refractivity contribution in [2.24, 2.45) is 0 Å². The number of thiazole rings is 1. The minimum Gasteiger partial charge on any atom is -0.497 e. The van der Waals surface area contributed by atoms with E-state index in [4.69, 9.17) is 4.74 Å². The smallest absolute Gasteiger partial charge is 0.272 e. The van der Waals surface area contributed by atoms with E-state index >= 15 is 0 Å². The number of nitro benzene ring substituents is 1. The van der Waals surface area contributed by atoms with Crippen LogP contribution in [0, 0.1) is 10.1 Å². The predicted molar refractivity (Wildman–Crippen MR) is 184 cm³/mol. The molecular formula is C34H27N5O6S2. The summed E-state index contributed by atoms with van der Waals surface area (Å²) in [5.74, 6) is -0.434. The van der Waals surface area contributed by atoms with E-state index in [1.165, 1.54) is 53.4 Å². The van der Waals surface area contributed by atoms with Crippen LogP contribution in [0.4, 0.5) is 16.5 Å². The van der Waals surface area contributed by atoms with Crippen LogP contribution in [0.3, 0.4) is 0 Å². The van der Waals surface area contributed by atoms with Crippen molar-refractivity contribution in [3.8, 4) is 17.0 Å². The Hall–Kier alpha value is -5.79. The molecule has 0 fully saturated rings. The molecule has 1 heterocycles. The van der Waals surface area contributed by atoms with E-state index in [0.29, 0.717) is 21.9 Å². The second-order valence-corrected chi connectivity index (χ2v) is 11.7. The minimum absolute atomic E-state index is 0.0559. The van der Waals surface area contributed by atoms with Gasteiger partial charge < -0.3 is 20.7 Å². The standard InChI is InChI=1S/C34H27N5O6S2/c1-45-27-9-5-8-24(19-27)30-20-47-34(37-30)38-31(40)21-46-28-16-12-25(13-17-28)35-33(42)29(36-32(41)23-6-3-2-4-7-23)18-22-10-14-26(15-11-22)39(43)44/h2-20H,21H2,1H3,(H,35,42)(H,36,41)(H,37,38,40)/b29-18-. The molecular weight excluding hydrogens is 639 g/mol. The SMILES string of the molecule is COc1cccc(-c2csc(NC(=O)CSc3ccc(NC(=O)/C(=C/c4ccc([N+](=O)[O-])cc4)NC(=O)c4ccccc4)cc3)n2)c1. The highest BCUT2D eigenvalue weighted by Crippen LogP contribution is 2.28. The monoisotopic (exact) mass is 665 g/mol. The van der Waals surface area contributed by atoms with Crippen LogP contribution >= 0.6 is 23.1 Å². The van der Waals surface area contributed by atoms with Crippen molar-refractivity contribution in [1.82, 2.24) is 10.3 Å². The summed E-state index contributed by atoms with van der Waals surface area (Å²) >= 11 is 2.65. The highest BCUT2D eigenvalue weighted by Gasteiger charge is 2.16. The Kier molecular flexibility index (Phi) is 10.7. The fraction of sp³-hybridized carbons (Fsp3) is 0.0588. The van der Waals surface area contributed by atoms with E-state index in [1.807, 2.05) is 29.6 Å². The maximum Gasteiger partial charge on any atom is 0.272 e. The van der Waals surface area contributed by atoms with E-state index in [-0.39, 0.29) is 23.0 Å². The Bertz CT molecular complexity index is 1930. The fourth-order valence-corrected chi connectivity index (χ4v) is 5.62. The summed E-state index contributed by atoms with van der Waals surface area (Å²) < 4.78 is 5.27. The number of amides is 3. The summed E-state index contributed by atoms with van der Waals surface area (Å²) in [5.41, 5.74) is 2.76. The van der Waals surface area contributed by atoms with Gasteiger partial charge >= 0.3 is 0 Å². The molecule has 0 bridgehead atoms. The molecule has 0 aliphatic rings. The number of benzene rings is 4. The number of methoxy groups -OCH3 is 1. The number of anilines is 2. The van der Waals surface area contributed by atoms with Gasteiger partial charge in [0.1, 0.15) is 11.4 Å². The van der Waals surface area contributed by atoms with Crippen molar-refractivity contribution < 1.29 is 24.0 Å². The fourth-order valence-electron chi connectivity index (χ4n) is 4.18. The number of nitrogens with one attached hydrogen (secondary N) is 3. The van der Waals surface area contributed by atoms with Gasteiger partial charge in [-0.2, -0.15) is 0 Å². The van der Waals surface area contributed by atoms with E-state index in [9.17, 15) is 24.5 Å². The number of rotatable bonds is 12. The number of nitrogens with zero attached hydrogens (tertiary/aromatic N) is 2. The molecule has 0 saturated heterocycles. The van der Waals surface area contributed by atoms with Crippen LogP contribution in [-0.4, -0.2) is 40.5 Å². The van der Waals surface area contributed by atoms with Crippen LogP contribution in [0.2, 0.25) is 0 Å². The average Bonchev–Trinajstić information content (AvgIpc) is 3.56. The molecule has 236 valence electrons. The number of thioether (sulfide) groups is 1. The maximum absolute atomic E-state index is 13.3. The Morgan fingerprint density at radius 2 is 1.68 bits per heavy atom. The van der Waals surface area contributed by atoms with Crippen molar-refractivity contribution in [3.05, 3.63) is 135 Å². The molecule has 4 aromatic carbocycles. The molecule has 3 N–H and O–H groups in total. The van der Waals surface area contributed by atoms with Gasteiger partial charge in [0.15, 0.2) is 5.13 Å². The molecule has 0 atom stereocenters. The van der Waals surface area contributed by atoms with E-state index < -0.39 is 16.7 Å². The number of aromatic nitrogens is 1. The largest absolute Gasteiger partial charge is 0.497 e. The number of ether oxygens (including phenoxy) is 1. The second-order valence-electron chi connectivity index (χ2n) is 9.81. The number of nitro groups is 1. The summed E-state index contributed by atoms with van der Waals surface area (Å²) in [6.07, 6.45) is 1.44. The van der Waals surface area contributed by atoms with E-state index in [0.717, 1.165) is 21.9 Å². The number of hydrogen-bond donors (Lipinski definition) is 3. The molecule has 0 saturated carbocycles. The summed E-state index contributed by atoms with van der Waals surface area (Å²) in [4.78, 5) is 54.5. The second kappa shape index (κ2) is 15.5. The van der Waals surface area contributed by atoms with Crippen molar-refractivity contribution in [2.45, 2.75) is 4.90 Å². The third kappa shape index (κ3) is 9.12. The molecule has 5 aromatic rings. The highest BCUT2D eigenvalue weighted by molar-refractivity contribution is 8.00. The lowest BCUT2D eigenvalue weighted by Gasteiger charge is -2.12. The summed E-state index contributed by atoms with van der Waals surface area (Å²) in [7, 11) is 1.60. The van der Waals surface area contributed by atoms with Gasteiger partial charge in [-0.25, -0.2) is 4.98 Å². The zero-order valence-corrected chi connectivity index (χ0v) is 26.5. The van der Waals surface area contributed by atoms with Gasteiger partial charge in [-0.15, -0.1) is 23.1 Å². The molecule has 1 aromatic heterocycles. The van der Waals surface area contributed by atoms with Crippen molar-refractivity contribution in [1.29, 1.82) is 0 Å². The summed E-state index contributed by atoms with van der Waals surface area (Å²) in [6.45, 7) is 0. The molecule has 5 rings (SSSR count). The maximum atomic E-state index is 13.3. The van der Waals surface area contributed by atoms with Gasteiger partial charge in [0.25, 0.3) is 17.5 Å². The first-order chi connectivity index (χ1) is 22.8. The van der Waals surface area contributed by atoms with Crippen LogP contribution in [0.15, 0.2) is 119 Å². The van der Waals surface area contributed by atoms with Gasteiger partial charge in [0.2, 0.25) is 5.91 Å². The molecule has 11 nitrogen and oxygen atoms in total. The van der Waals surface area contributed by atoms with Crippen LogP contribution in [-0.2, 0) is 9.59 Å². The molecule has 0 unspecified atom stereocenters. The molecule has 3 amide bonds. The van der Waals surface area contributed by atoms with Gasteiger partial charge in [-0.05, 0) is 72.3 Å². The van der Waals surface area contributed by atoms with Crippen molar-refractivity contribution in [2.75, 3.05) is 23.5 Å². The first kappa shape index (κ1) is 32.6. The van der Waals surface area contributed by atoms with Gasteiger partial charge in [-0.3, -0.25) is 24.5 Å². The molecule has 0 aliphatic heterocycles. The number of carbonyl (C=O) groups is 3. The summed E-state index contributed by atoms with van der Waals surface area (Å²) in [6, 6.07) is 28.4. The highest BCUT2D eigenvalue weighted by atomic mass is 32.2. The van der Waals surface area contributed by atoms with Crippen molar-refractivity contribution in [3.63, 3.8) is 0 Å². The first-order valence-corrected chi connectivity index (χ1v) is 15.9. The van der Waals surface area contributed by atoms with Crippen LogP contribution in [0.25, 0.3) is 17.3 Å². The van der Waals surface area contributed by atoms with Gasteiger partial charge in [-0.1, -0.05) is 30.3 Å². The number of carbonyl (C=O) groups excluding carboxylic acids is 3. The third-order valence-corrected chi connectivity index (χ3v) is 8.31. The average molecular weight is 666 g/mol. The van der Waals surface area contributed by atoms with E-state index in [1.54, 1.807) is 61.7 Å². The molecule has 13 heteroatoms. The predicted octanol–water partition coefficient (Wildman–Crippen LogP) is 6.87. The van der Waals surface area contributed by atoms with Crippen LogP contribution in [0.1, 0.15) is 15.9 Å². The third-order valence-electron chi connectivity index (χ3n) is 6.54. The Morgan fingerprint density at radius 1 is 0.936 bits per heavy atom. The number of hydrogen-bond acceptors (Lipinski definition) is 9. The Labute approximate surface area is 277 Å². The lowest BCUT2D eigenvalue weighted by Crippen LogP contribution is -2.30. The van der Waals surface area contributed by atoms with Crippen molar-refractivity contribution >= 4 is 63.4 Å². The topological polar surface area (TPSA) is 153 Å². The molecule has 0 radical (unpaired) electrons. The van der Waals surface area contributed by atoms with E-state index in [2.05, 4.69) is 20.9 Å². The Balaban J connectivity index is 1.19. The zero-order chi connectivity index (χ0) is 33.2. The quantitative estimate of drug-likeness (QED) is 0.0565. The molecule has 0 aliphatic carbocycles. The first-order valence-electron chi connectivity index (χ1n) is 14.0. The lowest BCUT2D eigenvalue weighted by molar-refractivity contribution is -0.384. The van der Waals surface area contributed by atoms with Crippen LogP contribution < -0.4 is 20.7 Å². The van der Waals surface area contributed by atoms with Gasteiger partial charge in [0.05, 0.1) is 23.5 Å². The normalized spacial score (nSPS) is 11.0. The zero-order valence-electron chi connectivity index (χ0n) is 24.8.